The van der Waals surface area contributed by atoms with Crippen LogP contribution in [0.5, 0.6) is 0 Å². The summed E-state index contributed by atoms with van der Waals surface area (Å²) in [6, 6.07) is 8.07. The third-order valence-electron chi connectivity index (χ3n) is 4.96. The van der Waals surface area contributed by atoms with Gasteiger partial charge >= 0.3 is 0 Å². The van der Waals surface area contributed by atoms with Gasteiger partial charge in [-0.2, -0.15) is 0 Å². The first-order valence-electron chi connectivity index (χ1n) is 9.04. The van der Waals surface area contributed by atoms with E-state index in [0.717, 1.165) is 35.1 Å². The first-order valence-corrected chi connectivity index (χ1v) is 9.04. The molecule has 1 aliphatic rings. The first kappa shape index (κ1) is 18.4. The molecule has 3 rings (SSSR count). The zero-order valence-corrected chi connectivity index (χ0v) is 15.4. The molecule has 0 spiro atoms. The fraction of sp³-hybridized carbons (Fsp3) is 0.381. The maximum absolute atomic E-state index is 12.8. The summed E-state index contributed by atoms with van der Waals surface area (Å²) >= 11 is 0. The number of likely N-dealkylation sites (N-methyl/N-ethyl adjacent to an activating group) is 1. The largest absolute Gasteiger partial charge is 0.390 e. The van der Waals surface area contributed by atoms with Crippen LogP contribution in [0, 0.1) is 0 Å². The van der Waals surface area contributed by atoms with Gasteiger partial charge in [0.15, 0.2) is 0 Å². The number of benzene rings is 1. The Balaban J connectivity index is 1.93. The van der Waals surface area contributed by atoms with Crippen LogP contribution < -0.4 is 0 Å². The van der Waals surface area contributed by atoms with Gasteiger partial charge in [0, 0.05) is 44.1 Å². The summed E-state index contributed by atoms with van der Waals surface area (Å²) in [5.74, 6) is 0.0312. The average Bonchev–Trinajstić information content (AvgIpc) is 2.93. The van der Waals surface area contributed by atoms with Crippen LogP contribution in [0.15, 0.2) is 49.6 Å². The molecule has 1 atom stereocenters. The van der Waals surface area contributed by atoms with E-state index in [0.29, 0.717) is 26.2 Å². The van der Waals surface area contributed by atoms with E-state index >= 15 is 0 Å². The second kappa shape index (κ2) is 7.89. The molecule has 1 aromatic heterocycles. The summed E-state index contributed by atoms with van der Waals surface area (Å²) in [6.45, 7) is 10.5. The molecule has 0 aliphatic carbocycles. The monoisotopic (exact) mass is 353 g/mol. The minimum Gasteiger partial charge on any atom is -0.390 e. The number of hydrogen-bond donors (Lipinski definition) is 1. The molecule has 5 heteroatoms. The number of fused-ring (bicyclic) bond motifs is 3. The van der Waals surface area contributed by atoms with Crippen LogP contribution in [0.3, 0.4) is 0 Å². The molecule has 1 N–H and O–H groups in total. The Bertz CT molecular complexity index is 814. The van der Waals surface area contributed by atoms with Gasteiger partial charge in [0.05, 0.1) is 12.6 Å². The van der Waals surface area contributed by atoms with E-state index in [9.17, 15) is 9.90 Å². The van der Waals surface area contributed by atoms with Crippen molar-refractivity contribution >= 4 is 16.8 Å². The molecule has 1 aromatic carbocycles. The van der Waals surface area contributed by atoms with E-state index < -0.39 is 6.10 Å². The Morgan fingerprint density at radius 1 is 1.27 bits per heavy atom. The van der Waals surface area contributed by atoms with Gasteiger partial charge in [-0.25, -0.2) is 0 Å². The maximum Gasteiger partial charge on any atom is 0.270 e. The van der Waals surface area contributed by atoms with E-state index in [4.69, 9.17) is 0 Å². The number of rotatable bonds is 8. The molecule has 1 amide bonds. The van der Waals surface area contributed by atoms with Crippen molar-refractivity contribution in [2.24, 2.45) is 0 Å². The lowest BCUT2D eigenvalue weighted by atomic mass is 10.0. The highest BCUT2D eigenvalue weighted by Gasteiger charge is 2.29. The lowest BCUT2D eigenvalue weighted by molar-refractivity contribution is 0.0757. The molecule has 0 unspecified atom stereocenters. The van der Waals surface area contributed by atoms with Crippen molar-refractivity contribution in [1.29, 1.82) is 0 Å². The van der Waals surface area contributed by atoms with Crippen LogP contribution in [-0.4, -0.2) is 64.7 Å². The highest BCUT2D eigenvalue weighted by molar-refractivity contribution is 6.02. The minimum absolute atomic E-state index is 0.0312. The van der Waals surface area contributed by atoms with Gasteiger partial charge in [0.25, 0.3) is 5.91 Å². The minimum atomic E-state index is -0.588. The third-order valence-corrected chi connectivity index (χ3v) is 4.96. The number of aromatic nitrogens is 1. The topological polar surface area (TPSA) is 48.7 Å². The Morgan fingerprint density at radius 2 is 1.96 bits per heavy atom. The summed E-state index contributed by atoms with van der Waals surface area (Å²) in [6.07, 6.45) is 3.90. The van der Waals surface area contributed by atoms with E-state index in [-0.39, 0.29) is 5.91 Å². The van der Waals surface area contributed by atoms with Gasteiger partial charge in [-0.1, -0.05) is 30.4 Å². The van der Waals surface area contributed by atoms with Crippen molar-refractivity contribution in [1.82, 2.24) is 14.4 Å². The van der Waals surface area contributed by atoms with Gasteiger partial charge in [0.2, 0.25) is 0 Å². The molecule has 0 saturated carbocycles. The van der Waals surface area contributed by atoms with Gasteiger partial charge in [-0.05, 0) is 18.1 Å². The molecule has 1 aliphatic heterocycles. The van der Waals surface area contributed by atoms with Gasteiger partial charge in [-0.15, -0.1) is 13.2 Å². The number of carbonyl (C=O) groups excluding carboxylic acids is 1. The fourth-order valence-corrected chi connectivity index (χ4v) is 3.78. The van der Waals surface area contributed by atoms with Crippen molar-refractivity contribution in [2.75, 3.05) is 33.2 Å². The van der Waals surface area contributed by atoms with Crippen molar-refractivity contribution in [3.8, 4) is 0 Å². The predicted molar refractivity (Wildman–Crippen MR) is 105 cm³/mol. The van der Waals surface area contributed by atoms with E-state index in [1.54, 1.807) is 4.90 Å². The number of carbonyl (C=O) groups is 1. The molecular formula is C21H27N3O2. The van der Waals surface area contributed by atoms with Crippen molar-refractivity contribution in [2.45, 2.75) is 19.1 Å². The number of nitrogens with zero attached hydrogens (tertiary/aromatic N) is 3. The zero-order valence-electron chi connectivity index (χ0n) is 15.4. The summed E-state index contributed by atoms with van der Waals surface area (Å²) in [5.41, 5.74) is 2.84. The standard InChI is InChI=1S/C21H27N3O2/c1-4-11-23(12-5-2)14-16(25)15-24-19-9-7-6-8-17(19)18-10-13-22(3)21(26)20(18)24/h4-9,16,25H,1-2,10-15H2,3H3/t16-/m0/s1. The molecule has 26 heavy (non-hydrogen) atoms. The Morgan fingerprint density at radius 3 is 2.65 bits per heavy atom. The predicted octanol–water partition coefficient (Wildman–Crippen LogP) is 2.30. The van der Waals surface area contributed by atoms with Crippen LogP contribution in [0.25, 0.3) is 10.9 Å². The summed E-state index contributed by atoms with van der Waals surface area (Å²) in [5, 5.41) is 11.8. The number of amides is 1. The molecule has 5 nitrogen and oxygen atoms in total. The quantitative estimate of drug-likeness (QED) is 0.741. The second-order valence-corrected chi connectivity index (χ2v) is 6.88. The molecule has 2 heterocycles. The highest BCUT2D eigenvalue weighted by Crippen LogP contribution is 2.30. The molecule has 138 valence electrons. The first-order chi connectivity index (χ1) is 12.6. The number of hydrogen-bond acceptors (Lipinski definition) is 3. The maximum atomic E-state index is 12.8. The van der Waals surface area contributed by atoms with Crippen LogP contribution in [-0.2, 0) is 13.0 Å². The summed E-state index contributed by atoms with van der Waals surface area (Å²) < 4.78 is 1.99. The van der Waals surface area contributed by atoms with Gasteiger partial charge < -0.3 is 14.6 Å². The molecule has 0 saturated heterocycles. The lowest BCUT2D eigenvalue weighted by Gasteiger charge is -2.26. The van der Waals surface area contributed by atoms with Gasteiger partial charge in [0.1, 0.15) is 5.69 Å². The number of aliphatic hydroxyl groups is 1. The van der Waals surface area contributed by atoms with E-state index in [2.05, 4.69) is 24.1 Å². The SMILES string of the molecule is C=CCN(CC=C)C[C@H](O)Cn1c2c(c3ccccc31)CCN(C)C2=O. The van der Waals surface area contributed by atoms with Crippen LogP contribution in [0.1, 0.15) is 16.1 Å². The van der Waals surface area contributed by atoms with Crippen molar-refractivity contribution < 1.29 is 9.90 Å². The second-order valence-electron chi connectivity index (χ2n) is 6.88. The van der Waals surface area contributed by atoms with E-state index in [1.807, 2.05) is 42.0 Å². The lowest BCUT2D eigenvalue weighted by Crippen LogP contribution is -2.38. The fourth-order valence-electron chi connectivity index (χ4n) is 3.78. The molecule has 0 radical (unpaired) electrons. The van der Waals surface area contributed by atoms with Gasteiger partial charge in [-0.3, -0.25) is 9.69 Å². The molecular weight excluding hydrogens is 326 g/mol. The third kappa shape index (κ3) is 3.45. The number of para-hydroxylation sites is 1. The van der Waals surface area contributed by atoms with Crippen molar-refractivity contribution in [3.63, 3.8) is 0 Å². The average molecular weight is 353 g/mol. The van der Waals surface area contributed by atoms with Crippen LogP contribution in [0.4, 0.5) is 0 Å². The van der Waals surface area contributed by atoms with Crippen molar-refractivity contribution in [3.05, 3.63) is 60.8 Å². The smallest absolute Gasteiger partial charge is 0.270 e. The Kier molecular flexibility index (Phi) is 5.59. The zero-order chi connectivity index (χ0) is 18.7. The Labute approximate surface area is 154 Å². The molecule has 0 bridgehead atoms. The normalized spacial score (nSPS) is 15.3. The Hall–Kier alpha value is -2.37. The van der Waals surface area contributed by atoms with Crippen LogP contribution in [0.2, 0.25) is 0 Å². The molecule has 0 fully saturated rings. The summed E-state index contributed by atoms with van der Waals surface area (Å²) in [7, 11) is 1.83. The summed E-state index contributed by atoms with van der Waals surface area (Å²) in [4.78, 5) is 16.6. The van der Waals surface area contributed by atoms with Crippen LogP contribution >= 0.6 is 0 Å². The van der Waals surface area contributed by atoms with E-state index in [1.165, 1.54) is 0 Å². The highest BCUT2D eigenvalue weighted by atomic mass is 16.3. The molecule has 2 aromatic rings. The number of aliphatic hydroxyl groups excluding tert-OH is 1.